The van der Waals surface area contributed by atoms with E-state index in [4.69, 9.17) is 15.8 Å². The smallest absolute Gasteiger partial charge is 0.180 e. The Morgan fingerprint density at radius 3 is 0.600 bits per heavy atom. The second-order valence-electron chi connectivity index (χ2n) is 8.94. The van der Waals surface area contributed by atoms with Gasteiger partial charge in [0.15, 0.2) is 69.8 Å². The average molecular weight is 702 g/mol. The van der Waals surface area contributed by atoms with Crippen molar-refractivity contribution in [3.05, 3.63) is 120 Å². The molecule has 0 bridgehead atoms. The van der Waals surface area contributed by atoms with Crippen molar-refractivity contribution < 1.29 is 52.7 Å². The van der Waals surface area contributed by atoms with E-state index in [1.54, 1.807) is 0 Å². The van der Waals surface area contributed by atoms with E-state index in [9.17, 15) is 42.1 Å². The molecule has 0 heterocycles. The van der Waals surface area contributed by atoms with E-state index in [-0.39, 0.29) is 0 Å². The summed E-state index contributed by atoms with van der Waals surface area (Å²) in [5.41, 5.74) is -21.5. The number of halogens is 12. The SMILES string of the molecule is CC.N#CC(=C1C(=C(C#N)c2c(F)c(F)c(C#N)c(F)c2F)C1=C(C#N)c1c(F)c(F)c(C#N)c(F)c1F)c1c(F)c(F)c(C#N)c(F)c1F. The van der Waals surface area contributed by atoms with E-state index in [1.807, 2.05) is 13.8 Å². The van der Waals surface area contributed by atoms with Crippen LogP contribution in [-0.4, -0.2) is 0 Å². The van der Waals surface area contributed by atoms with Gasteiger partial charge in [0.1, 0.15) is 53.1 Å². The van der Waals surface area contributed by atoms with Crippen molar-refractivity contribution in [3.8, 4) is 36.4 Å². The van der Waals surface area contributed by atoms with Crippen LogP contribution in [0.1, 0.15) is 47.2 Å². The molecule has 1 aliphatic carbocycles. The van der Waals surface area contributed by atoms with E-state index < -0.39 is 137 Å². The number of hydrogen-bond acceptors (Lipinski definition) is 6. The lowest BCUT2D eigenvalue weighted by atomic mass is 9.99. The molecular formula is C32H6F12N6. The first-order valence-electron chi connectivity index (χ1n) is 12.9. The Morgan fingerprint density at radius 2 is 0.480 bits per heavy atom. The minimum Gasteiger partial charge on any atom is -0.203 e. The molecule has 0 amide bonds. The van der Waals surface area contributed by atoms with Crippen molar-refractivity contribution in [2.45, 2.75) is 13.8 Å². The van der Waals surface area contributed by atoms with Gasteiger partial charge in [-0.25, -0.2) is 52.7 Å². The molecule has 0 unspecified atom stereocenters. The van der Waals surface area contributed by atoms with Crippen LogP contribution in [0.5, 0.6) is 0 Å². The van der Waals surface area contributed by atoms with Crippen molar-refractivity contribution >= 4 is 16.7 Å². The number of benzene rings is 3. The number of rotatable bonds is 3. The monoisotopic (exact) mass is 702 g/mol. The summed E-state index contributed by atoms with van der Waals surface area (Å²) in [5.74, 6) is -29.9. The first kappa shape index (κ1) is 37.4. The highest BCUT2D eigenvalue weighted by Gasteiger charge is 2.46. The van der Waals surface area contributed by atoms with Gasteiger partial charge >= 0.3 is 0 Å². The quantitative estimate of drug-likeness (QED) is 0.153. The van der Waals surface area contributed by atoms with Gasteiger partial charge in [0.25, 0.3) is 0 Å². The van der Waals surface area contributed by atoms with Crippen molar-refractivity contribution in [3.63, 3.8) is 0 Å². The van der Waals surface area contributed by atoms with Crippen LogP contribution in [0, 0.1) is 138 Å². The van der Waals surface area contributed by atoms with Gasteiger partial charge in [-0.1, -0.05) is 13.8 Å². The highest BCUT2D eigenvalue weighted by atomic mass is 19.2. The fraction of sp³-hybridized carbons (Fsp3) is 0.0625. The Morgan fingerprint density at radius 1 is 0.320 bits per heavy atom. The number of hydrogen-bond donors (Lipinski definition) is 0. The van der Waals surface area contributed by atoms with E-state index >= 15 is 26.3 Å². The summed E-state index contributed by atoms with van der Waals surface area (Å²) < 4.78 is 177. The van der Waals surface area contributed by atoms with Crippen LogP contribution >= 0.6 is 0 Å². The van der Waals surface area contributed by atoms with Gasteiger partial charge in [-0.2, -0.15) is 31.6 Å². The summed E-state index contributed by atoms with van der Waals surface area (Å²) in [5, 5.41) is 55.9. The van der Waals surface area contributed by atoms with Gasteiger partial charge in [-0.15, -0.1) is 0 Å². The second-order valence-corrected chi connectivity index (χ2v) is 8.94. The molecule has 4 rings (SSSR count). The third kappa shape index (κ3) is 5.32. The molecule has 248 valence electrons. The average Bonchev–Trinajstić information content (AvgIpc) is 3.83. The summed E-state index contributed by atoms with van der Waals surface area (Å²) in [6.45, 7) is 4.00. The van der Waals surface area contributed by atoms with E-state index in [0.29, 0.717) is 0 Å². The van der Waals surface area contributed by atoms with Crippen LogP contribution in [0.25, 0.3) is 16.7 Å². The van der Waals surface area contributed by atoms with Gasteiger partial charge in [-0.3, -0.25) is 0 Å². The molecule has 1 aliphatic rings. The zero-order valence-electron chi connectivity index (χ0n) is 24.2. The first-order chi connectivity index (χ1) is 23.6. The van der Waals surface area contributed by atoms with Gasteiger partial charge in [0.05, 0.1) is 33.4 Å². The molecule has 1 saturated carbocycles. The van der Waals surface area contributed by atoms with Crippen molar-refractivity contribution in [1.82, 2.24) is 0 Å². The zero-order valence-corrected chi connectivity index (χ0v) is 24.2. The molecule has 0 radical (unpaired) electrons. The van der Waals surface area contributed by atoms with E-state index in [2.05, 4.69) is 0 Å². The minimum atomic E-state index is -2.53. The Labute approximate surface area is 271 Å². The lowest BCUT2D eigenvalue weighted by molar-refractivity contribution is 0.446. The molecule has 1 fully saturated rings. The Balaban J connectivity index is 0.00000332. The van der Waals surface area contributed by atoms with Gasteiger partial charge in [0.2, 0.25) is 0 Å². The third-order valence-electron chi connectivity index (χ3n) is 6.65. The van der Waals surface area contributed by atoms with Crippen LogP contribution in [0.15, 0.2) is 16.7 Å². The summed E-state index contributed by atoms with van der Waals surface area (Å²) >= 11 is 0. The van der Waals surface area contributed by atoms with Crippen LogP contribution < -0.4 is 0 Å². The molecule has 0 atom stereocenters. The number of nitrogens with zero attached hydrogens (tertiary/aromatic N) is 6. The first-order valence-corrected chi connectivity index (χ1v) is 12.9. The summed E-state index contributed by atoms with van der Waals surface area (Å²) in [7, 11) is 0. The summed E-state index contributed by atoms with van der Waals surface area (Å²) in [4.78, 5) is 0. The van der Waals surface area contributed by atoms with E-state index in [1.165, 1.54) is 0 Å². The molecule has 3 aromatic carbocycles. The van der Waals surface area contributed by atoms with Crippen molar-refractivity contribution in [2.24, 2.45) is 0 Å². The molecule has 0 saturated heterocycles. The number of nitriles is 6. The van der Waals surface area contributed by atoms with Crippen LogP contribution in [0.2, 0.25) is 0 Å². The molecule has 3 aromatic rings. The predicted molar refractivity (Wildman–Crippen MR) is 142 cm³/mol. The molecule has 50 heavy (non-hydrogen) atoms. The zero-order chi connectivity index (χ0) is 38.1. The third-order valence-corrected chi connectivity index (χ3v) is 6.65. The van der Waals surface area contributed by atoms with E-state index in [0.717, 1.165) is 36.4 Å². The predicted octanol–water partition coefficient (Wildman–Crippen LogP) is 8.24. The summed E-state index contributed by atoms with van der Waals surface area (Å²) in [6, 6.07) is 5.16. The highest BCUT2D eigenvalue weighted by molar-refractivity contribution is 6.12. The van der Waals surface area contributed by atoms with Crippen LogP contribution in [-0.2, 0) is 0 Å². The Kier molecular flexibility index (Phi) is 10.5. The minimum absolute atomic E-state index is 0.766. The molecule has 6 nitrogen and oxygen atoms in total. The van der Waals surface area contributed by atoms with Crippen molar-refractivity contribution in [2.75, 3.05) is 0 Å². The fourth-order valence-electron chi connectivity index (χ4n) is 4.50. The maximum absolute atomic E-state index is 15.0. The molecule has 18 heteroatoms. The Bertz CT molecular complexity index is 2070. The maximum atomic E-state index is 15.0. The van der Waals surface area contributed by atoms with Gasteiger partial charge < -0.3 is 0 Å². The lowest BCUT2D eigenvalue weighted by Crippen LogP contribution is -2.06. The topological polar surface area (TPSA) is 143 Å². The van der Waals surface area contributed by atoms with Gasteiger partial charge in [-0.05, 0) is 0 Å². The van der Waals surface area contributed by atoms with Gasteiger partial charge in [0, 0.05) is 16.7 Å². The normalized spacial score (nSPS) is 11.2. The van der Waals surface area contributed by atoms with Crippen molar-refractivity contribution in [1.29, 1.82) is 31.6 Å². The molecule has 0 aromatic heterocycles. The molecule has 0 aliphatic heterocycles. The fourth-order valence-corrected chi connectivity index (χ4v) is 4.50. The largest absolute Gasteiger partial charge is 0.203 e. The van der Waals surface area contributed by atoms with Crippen LogP contribution in [0.3, 0.4) is 0 Å². The lowest BCUT2D eigenvalue weighted by Gasteiger charge is -2.08. The standard InChI is InChI=1S/C30F12N6.C2H6/c31-19-10(4-46)20(32)26(38)16(25(19)37)7(1-43)13-14(8(2-44)17-27(39)21(33)11(5-47)22(34)28(17)40)15(13)9(3-45)18-29(41)23(35)12(6-48)24(36)30(18)42;1-2/h;1-2H3. The number of allylic oxidation sites excluding steroid dienone is 6. The molecule has 0 N–H and O–H groups in total. The Hall–Kier alpha value is -7.02. The maximum Gasteiger partial charge on any atom is 0.180 e. The highest BCUT2D eigenvalue weighted by Crippen LogP contribution is 2.57. The second kappa shape index (κ2) is 14.0. The van der Waals surface area contributed by atoms with Crippen LogP contribution in [0.4, 0.5) is 52.7 Å². The molecule has 0 spiro atoms. The summed E-state index contributed by atoms with van der Waals surface area (Å²) in [6.07, 6.45) is 0. The molecular weight excluding hydrogens is 696 g/mol.